The van der Waals surface area contributed by atoms with Crippen molar-refractivity contribution in [1.29, 1.82) is 0 Å². The molecule has 5 rings (SSSR count). The molecule has 0 aromatic rings. The summed E-state index contributed by atoms with van der Waals surface area (Å²) in [6, 6.07) is 0. The van der Waals surface area contributed by atoms with E-state index < -0.39 is 6.10 Å². The smallest absolute Gasteiger partial charge is 0.0773 e. The summed E-state index contributed by atoms with van der Waals surface area (Å²) in [4.78, 5) is 0. The molecular weight excluding hydrogens is 472 g/mol. The van der Waals surface area contributed by atoms with Crippen molar-refractivity contribution in [3.63, 3.8) is 0 Å². The van der Waals surface area contributed by atoms with Crippen molar-refractivity contribution < 1.29 is 20.1 Å². The van der Waals surface area contributed by atoms with Gasteiger partial charge in [-0.15, -0.1) is 0 Å². The maximum atomic E-state index is 11.7. The first-order chi connectivity index (χ1) is 18.1. The largest absolute Gasteiger partial charge is 0.396 e. The molecule has 5 aliphatic carbocycles. The Kier molecular flexibility index (Phi) is 8.58. The van der Waals surface area contributed by atoms with Crippen molar-refractivity contribution in [2.45, 2.75) is 130 Å². The summed E-state index contributed by atoms with van der Waals surface area (Å²) < 4.78 is 6.52. The molecule has 3 N–H and O–H groups in total. The van der Waals surface area contributed by atoms with Gasteiger partial charge in [0.05, 0.1) is 24.4 Å². The van der Waals surface area contributed by atoms with Gasteiger partial charge in [0.2, 0.25) is 0 Å². The second kappa shape index (κ2) is 11.3. The summed E-state index contributed by atoms with van der Waals surface area (Å²) in [7, 11) is 0. The van der Waals surface area contributed by atoms with E-state index in [2.05, 4.69) is 40.7 Å². The zero-order valence-corrected chi connectivity index (χ0v) is 24.8. The lowest BCUT2D eigenvalue weighted by Crippen LogP contribution is -2.55. The third-order valence-electron chi connectivity index (χ3n) is 12.4. The molecule has 4 nitrogen and oxygen atoms in total. The molecule has 0 spiro atoms. The first kappa shape index (κ1) is 28.8. The topological polar surface area (TPSA) is 69.9 Å². The van der Waals surface area contributed by atoms with Crippen LogP contribution in [0.25, 0.3) is 0 Å². The molecule has 0 bridgehead atoms. The van der Waals surface area contributed by atoms with Gasteiger partial charge >= 0.3 is 0 Å². The first-order valence-corrected chi connectivity index (χ1v) is 16.1. The molecule has 0 aliphatic heterocycles. The number of hydrogen-bond donors (Lipinski definition) is 3. The van der Waals surface area contributed by atoms with Crippen LogP contribution in [-0.2, 0) is 4.74 Å². The molecule has 12 atom stereocenters. The Labute approximate surface area is 232 Å². The summed E-state index contributed by atoms with van der Waals surface area (Å²) in [5.41, 5.74) is 1.99. The van der Waals surface area contributed by atoms with Crippen LogP contribution in [-0.4, -0.2) is 46.3 Å². The fourth-order valence-electron chi connectivity index (χ4n) is 10.2. The zero-order chi connectivity index (χ0) is 27.2. The van der Waals surface area contributed by atoms with Crippen molar-refractivity contribution >= 4 is 0 Å². The van der Waals surface area contributed by atoms with E-state index in [0.717, 1.165) is 37.0 Å². The molecule has 5 aliphatic rings. The number of fused-ring (bicyclic) bond motifs is 5. The molecule has 0 amide bonds. The highest BCUT2D eigenvalue weighted by Gasteiger charge is 2.61. The van der Waals surface area contributed by atoms with Gasteiger partial charge < -0.3 is 20.1 Å². The zero-order valence-electron chi connectivity index (χ0n) is 24.8. The molecule has 3 fully saturated rings. The standard InChI is InChI=1S/C34H56O4/c1-21(2)7-6-8-22(3)27-10-11-28-32-29(14-16-34(27,28)5)33(4)15-13-26(18-24(33)19-31(32)37)38-25-9-12-30(36)23(17-25)20-35/h9,12,19,21-23,25-32,35-37H,6-8,10-11,13-18,20H2,1-5H3/t22-,23?,25-,26?,27?,28?,29?,30+,31-,32?,33?,34?/m1/s1. The minimum atomic E-state index is -0.571. The van der Waals surface area contributed by atoms with Crippen LogP contribution < -0.4 is 0 Å². The van der Waals surface area contributed by atoms with Gasteiger partial charge in [0, 0.05) is 12.5 Å². The second-order valence-corrected chi connectivity index (χ2v) is 15.0. The summed E-state index contributed by atoms with van der Waals surface area (Å²) in [5, 5.41) is 31.3. The molecule has 4 heteroatoms. The molecule has 0 aromatic carbocycles. The lowest BCUT2D eigenvalue weighted by Gasteiger charge is -2.59. The third kappa shape index (κ3) is 5.21. The minimum Gasteiger partial charge on any atom is -0.396 e. The fourth-order valence-corrected chi connectivity index (χ4v) is 10.2. The van der Waals surface area contributed by atoms with Crippen molar-refractivity contribution in [2.24, 2.45) is 52.3 Å². The molecular formula is C34H56O4. The Bertz CT molecular complexity index is 880. The highest BCUT2D eigenvalue weighted by Crippen LogP contribution is 2.67. The highest BCUT2D eigenvalue weighted by molar-refractivity contribution is 5.28. The molecule has 38 heavy (non-hydrogen) atoms. The van der Waals surface area contributed by atoms with Crippen LogP contribution in [0.2, 0.25) is 0 Å². The Hall–Kier alpha value is -0.680. The van der Waals surface area contributed by atoms with E-state index >= 15 is 0 Å². The van der Waals surface area contributed by atoms with Crippen LogP contribution in [0.1, 0.15) is 105 Å². The Morgan fingerprint density at radius 3 is 2.47 bits per heavy atom. The summed E-state index contributed by atoms with van der Waals surface area (Å²) in [5.74, 6) is 3.88. The Morgan fingerprint density at radius 2 is 1.74 bits per heavy atom. The molecule has 0 aromatic heterocycles. The molecule has 0 radical (unpaired) electrons. The number of ether oxygens (including phenoxy) is 1. The monoisotopic (exact) mass is 528 g/mol. The van der Waals surface area contributed by atoms with Crippen LogP contribution in [0.4, 0.5) is 0 Å². The number of aliphatic hydroxyl groups excluding tert-OH is 3. The summed E-state index contributed by atoms with van der Waals surface area (Å²) >= 11 is 0. The average molecular weight is 529 g/mol. The highest BCUT2D eigenvalue weighted by atomic mass is 16.5. The third-order valence-corrected chi connectivity index (χ3v) is 12.4. The molecule has 8 unspecified atom stereocenters. The lowest BCUT2D eigenvalue weighted by molar-refractivity contribution is -0.105. The van der Waals surface area contributed by atoms with Gasteiger partial charge in [0.1, 0.15) is 0 Å². The van der Waals surface area contributed by atoms with Crippen LogP contribution in [0.3, 0.4) is 0 Å². The van der Waals surface area contributed by atoms with E-state index in [0.29, 0.717) is 29.6 Å². The van der Waals surface area contributed by atoms with E-state index in [1.807, 2.05) is 6.08 Å². The normalized spacial score (nSPS) is 47.3. The van der Waals surface area contributed by atoms with Gasteiger partial charge in [-0.1, -0.05) is 77.7 Å². The van der Waals surface area contributed by atoms with Crippen LogP contribution in [0, 0.1) is 52.3 Å². The lowest BCUT2D eigenvalue weighted by atomic mass is 9.46. The number of rotatable bonds is 8. The van der Waals surface area contributed by atoms with E-state index in [1.54, 1.807) is 6.08 Å². The van der Waals surface area contributed by atoms with Gasteiger partial charge in [-0.3, -0.25) is 0 Å². The van der Waals surface area contributed by atoms with Crippen LogP contribution in [0.15, 0.2) is 23.8 Å². The van der Waals surface area contributed by atoms with Crippen molar-refractivity contribution in [2.75, 3.05) is 6.61 Å². The molecule has 0 saturated heterocycles. The van der Waals surface area contributed by atoms with Crippen molar-refractivity contribution in [3.8, 4) is 0 Å². The predicted molar refractivity (Wildman–Crippen MR) is 153 cm³/mol. The first-order valence-electron chi connectivity index (χ1n) is 16.1. The number of aliphatic hydroxyl groups is 3. The van der Waals surface area contributed by atoms with E-state index in [-0.39, 0.29) is 36.3 Å². The van der Waals surface area contributed by atoms with Gasteiger partial charge in [-0.25, -0.2) is 0 Å². The molecule has 0 heterocycles. The van der Waals surface area contributed by atoms with Crippen molar-refractivity contribution in [3.05, 3.63) is 23.8 Å². The fraction of sp³-hybridized carbons (Fsp3) is 0.882. The predicted octanol–water partition coefficient (Wildman–Crippen LogP) is 6.68. The van der Waals surface area contributed by atoms with Crippen LogP contribution in [0.5, 0.6) is 0 Å². The molecule has 216 valence electrons. The van der Waals surface area contributed by atoms with Crippen molar-refractivity contribution in [1.82, 2.24) is 0 Å². The van der Waals surface area contributed by atoms with E-state index in [1.165, 1.54) is 50.5 Å². The van der Waals surface area contributed by atoms with Crippen LogP contribution >= 0.6 is 0 Å². The SMILES string of the molecule is CC(C)CCC[C@@H](C)C1CCC2C3C(CCC21C)C1(C)CCC(O[C@@H]2C=C[C@H](O)C(CO)C2)CC1=C[C@H]3O. The summed E-state index contributed by atoms with van der Waals surface area (Å²) in [6.45, 7) is 12.3. The average Bonchev–Trinajstić information content (AvgIpc) is 3.23. The quantitative estimate of drug-likeness (QED) is 0.307. The summed E-state index contributed by atoms with van der Waals surface area (Å²) in [6.07, 6.45) is 18.3. The minimum absolute atomic E-state index is 0.00775. The Balaban J connectivity index is 1.27. The maximum Gasteiger partial charge on any atom is 0.0773 e. The van der Waals surface area contributed by atoms with Gasteiger partial charge in [0.15, 0.2) is 0 Å². The molecule has 3 saturated carbocycles. The van der Waals surface area contributed by atoms with E-state index in [9.17, 15) is 15.3 Å². The van der Waals surface area contributed by atoms with Gasteiger partial charge in [0.25, 0.3) is 0 Å². The van der Waals surface area contributed by atoms with Gasteiger partial charge in [-0.05, 0) is 97.7 Å². The van der Waals surface area contributed by atoms with E-state index in [4.69, 9.17) is 4.74 Å². The number of hydrogen-bond acceptors (Lipinski definition) is 4. The second-order valence-electron chi connectivity index (χ2n) is 15.0. The maximum absolute atomic E-state index is 11.7. The van der Waals surface area contributed by atoms with Gasteiger partial charge in [-0.2, -0.15) is 0 Å². The Morgan fingerprint density at radius 1 is 0.947 bits per heavy atom.